The number of rotatable bonds is 7. The summed E-state index contributed by atoms with van der Waals surface area (Å²) in [6.07, 6.45) is 3.04. The molecule has 16 heteroatoms. The standard InChI is InChI=1S/C31H43BF3N3O7S2/c1-28(2,3)42-27(39)38-19-20(8-11-25(38)43-47(40,41)31(33,34)35)12-15-37-16-13-21(14-17-37)26-36-23-18-22(9-10-24(23)46-26)32-44-29(4,5)30(6,7)45-32/h9-11,18,20-21H,8,12-17,19H2,1-7H3/t20-/m1/s1. The number of hydrogen-bond donors (Lipinski definition) is 0. The van der Waals surface area contributed by atoms with Crippen LogP contribution in [-0.2, 0) is 28.3 Å². The van der Waals surface area contributed by atoms with Crippen LogP contribution in [0, 0.1) is 5.92 Å². The number of amides is 1. The van der Waals surface area contributed by atoms with Gasteiger partial charge in [0.05, 0.1) is 26.4 Å². The first-order chi connectivity index (χ1) is 21.6. The van der Waals surface area contributed by atoms with Crippen LogP contribution < -0.4 is 5.46 Å². The third kappa shape index (κ3) is 8.09. The molecule has 1 atom stereocenters. The fourth-order valence-electron chi connectivity index (χ4n) is 5.76. The second kappa shape index (κ2) is 12.8. The number of hydrogen-bond acceptors (Lipinski definition) is 10. The Morgan fingerprint density at radius 2 is 1.74 bits per heavy atom. The van der Waals surface area contributed by atoms with E-state index in [-0.39, 0.29) is 18.9 Å². The fourth-order valence-corrected chi connectivity index (χ4v) is 7.36. The average molecular weight is 702 g/mol. The molecule has 0 N–H and O–H groups in total. The number of thiazole rings is 1. The summed E-state index contributed by atoms with van der Waals surface area (Å²) >= 11 is 1.71. The summed E-state index contributed by atoms with van der Waals surface area (Å²) in [5.74, 6) is -0.476. The van der Waals surface area contributed by atoms with Gasteiger partial charge in [0.15, 0.2) is 0 Å². The van der Waals surface area contributed by atoms with E-state index in [0.29, 0.717) is 12.3 Å². The average Bonchev–Trinajstić information content (AvgIpc) is 3.47. The maximum absolute atomic E-state index is 13.0. The fraction of sp³-hybridized carbons (Fsp3) is 0.677. The van der Waals surface area contributed by atoms with Gasteiger partial charge >= 0.3 is 28.8 Å². The molecule has 0 radical (unpaired) electrons. The molecule has 0 bridgehead atoms. The first kappa shape index (κ1) is 35.9. The highest BCUT2D eigenvalue weighted by atomic mass is 32.2. The zero-order valence-electron chi connectivity index (χ0n) is 27.8. The van der Waals surface area contributed by atoms with Crippen molar-refractivity contribution in [1.82, 2.24) is 14.8 Å². The molecule has 3 aliphatic heterocycles. The summed E-state index contributed by atoms with van der Waals surface area (Å²) < 4.78 is 85.7. The van der Waals surface area contributed by atoms with Crippen LogP contribution in [0.3, 0.4) is 0 Å². The van der Waals surface area contributed by atoms with Gasteiger partial charge in [0.1, 0.15) is 5.60 Å². The molecule has 10 nitrogen and oxygen atoms in total. The first-order valence-electron chi connectivity index (χ1n) is 15.8. The summed E-state index contributed by atoms with van der Waals surface area (Å²) in [5.41, 5.74) is -5.52. The number of fused-ring (bicyclic) bond motifs is 1. The lowest BCUT2D eigenvalue weighted by Crippen LogP contribution is -2.43. The van der Waals surface area contributed by atoms with Crippen molar-refractivity contribution in [2.24, 2.45) is 5.92 Å². The number of carbonyl (C=O) groups is 1. The summed E-state index contributed by atoms with van der Waals surface area (Å²) in [7, 11) is -6.39. The Hall–Kier alpha value is -2.40. The van der Waals surface area contributed by atoms with Crippen molar-refractivity contribution in [2.75, 3.05) is 26.2 Å². The molecular weight excluding hydrogens is 658 g/mol. The van der Waals surface area contributed by atoms with E-state index in [2.05, 4.69) is 21.2 Å². The third-order valence-corrected chi connectivity index (χ3v) is 11.3. The Morgan fingerprint density at radius 1 is 1.11 bits per heavy atom. The molecule has 1 aromatic heterocycles. The van der Waals surface area contributed by atoms with Gasteiger partial charge in [-0.3, -0.25) is 0 Å². The molecule has 3 aliphatic rings. The summed E-state index contributed by atoms with van der Waals surface area (Å²) in [6.45, 7) is 15.4. The van der Waals surface area contributed by atoms with Crippen LogP contribution in [0.2, 0.25) is 0 Å². The largest absolute Gasteiger partial charge is 0.534 e. The van der Waals surface area contributed by atoms with Gasteiger partial charge in [-0.05, 0) is 123 Å². The Bertz CT molecular complexity index is 1600. The third-order valence-electron chi connectivity index (χ3n) is 9.17. The van der Waals surface area contributed by atoms with E-state index in [1.807, 2.05) is 33.8 Å². The smallest absolute Gasteiger partial charge is 0.443 e. The van der Waals surface area contributed by atoms with Crippen LogP contribution in [0.4, 0.5) is 18.0 Å². The Morgan fingerprint density at radius 3 is 2.34 bits per heavy atom. The van der Waals surface area contributed by atoms with Crippen molar-refractivity contribution in [3.8, 4) is 0 Å². The van der Waals surface area contributed by atoms with Crippen molar-refractivity contribution in [2.45, 2.75) is 102 Å². The maximum atomic E-state index is 13.0. The van der Waals surface area contributed by atoms with Gasteiger partial charge in [0.2, 0.25) is 5.88 Å². The summed E-state index contributed by atoms with van der Waals surface area (Å²) in [6, 6.07) is 6.19. The molecule has 5 rings (SSSR count). The quantitative estimate of drug-likeness (QED) is 0.192. The minimum absolute atomic E-state index is 0.0236. The number of allylic oxidation sites excluding steroid dienone is 1. The van der Waals surface area contributed by atoms with Crippen LogP contribution in [-0.4, -0.2) is 84.9 Å². The molecule has 1 amide bonds. The molecular formula is C31H43BF3N3O7S2. The van der Waals surface area contributed by atoms with Gasteiger partial charge < -0.3 is 23.1 Å². The van der Waals surface area contributed by atoms with E-state index in [9.17, 15) is 26.4 Å². The van der Waals surface area contributed by atoms with E-state index >= 15 is 0 Å². The molecule has 47 heavy (non-hydrogen) atoms. The molecule has 2 aromatic rings. The second-order valence-electron chi connectivity index (χ2n) is 14.5. The molecule has 1 aromatic carbocycles. The van der Waals surface area contributed by atoms with E-state index in [4.69, 9.17) is 19.0 Å². The minimum atomic E-state index is -5.95. The zero-order valence-corrected chi connectivity index (χ0v) is 29.5. The highest BCUT2D eigenvalue weighted by Gasteiger charge is 2.52. The molecule has 4 heterocycles. The minimum Gasteiger partial charge on any atom is -0.443 e. The predicted octanol–water partition coefficient (Wildman–Crippen LogP) is 6.13. The lowest BCUT2D eigenvalue weighted by atomic mass is 9.79. The molecule has 0 unspecified atom stereocenters. The van der Waals surface area contributed by atoms with Crippen molar-refractivity contribution >= 4 is 50.3 Å². The van der Waals surface area contributed by atoms with Gasteiger partial charge in [0, 0.05) is 12.5 Å². The first-order valence-corrected chi connectivity index (χ1v) is 18.1. The highest BCUT2D eigenvalue weighted by molar-refractivity contribution is 7.87. The Labute approximate surface area is 278 Å². The van der Waals surface area contributed by atoms with E-state index in [1.165, 1.54) is 6.08 Å². The van der Waals surface area contributed by atoms with Gasteiger partial charge in [-0.1, -0.05) is 6.07 Å². The number of carbonyl (C=O) groups excluding carboxylic acids is 1. The molecule has 2 saturated heterocycles. The van der Waals surface area contributed by atoms with Gasteiger partial charge in [0.25, 0.3) is 0 Å². The SMILES string of the molecule is CC(C)(C)OC(=O)N1C[C@@H](CCN2CCC(c3nc4cc(B5OC(C)(C)C(C)(C)O5)ccc4s3)CC2)CC=C1OS(=O)(=O)C(F)(F)F. The number of likely N-dealkylation sites (tertiary alicyclic amines) is 1. The van der Waals surface area contributed by atoms with E-state index in [1.54, 1.807) is 32.1 Å². The van der Waals surface area contributed by atoms with Gasteiger partial charge in [-0.25, -0.2) is 14.7 Å². The normalized spacial score (nSPS) is 22.9. The Balaban J connectivity index is 1.17. The van der Waals surface area contributed by atoms with Crippen molar-refractivity contribution in [3.63, 3.8) is 0 Å². The number of benzene rings is 1. The topological polar surface area (TPSA) is 108 Å². The monoisotopic (exact) mass is 701 g/mol. The van der Waals surface area contributed by atoms with Crippen molar-refractivity contribution in [1.29, 1.82) is 0 Å². The molecule has 0 saturated carbocycles. The molecule has 260 valence electrons. The summed E-state index contributed by atoms with van der Waals surface area (Å²) in [5, 5.41) is 1.11. The van der Waals surface area contributed by atoms with Crippen LogP contribution in [0.15, 0.2) is 30.2 Å². The molecule has 0 spiro atoms. The summed E-state index contributed by atoms with van der Waals surface area (Å²) in [4.78, 5) is 21.0. The molecule has 2 fully saturated rings. The van der Waals surface area contributed by atoms with Crippen LogP contribution in [0.25, 0.3) is 10.2 Å². The number of ether oxygens (including phenoxy) is 1. The van der Waals surface area contributed by atoms with Gasteiger partial charge in [-0.2, -0.15) is 21.6 Å². The van der Waals surface area contributed by atoms with Crippen molar-refractivity contribution < 1.29 is 44.6 Å². The lowest BCUT2D eigenvalue weighted by molar-refractivity contribution is -0.0546. The van der Waals surface area contributed by atoms with Gasteiger partial charge in [-0.15, -0.1) is 11.3 Å². The van der Waals surface area contributed by atoms with E-state index < -0.39 is 51.5 Å². The number of alkyl halides is 3. The van der Waals surface area contributed by atoms with E-state index in [0.717, 1.165) is 58.1 Å². The Kier molecular flexibility index (Phi) is 9.78. The highest BCUT2D eigenvalue weighted by Crippen LogP contribution is 2.38. The number of nitrogens with zero attached hydrogens (tertiary/aromatic N) is 3. The number of aromatic nitrogens is 1. The number of piperidine rings is 1. The zero-order chi connectivity index (χ0) is 34.6. The van der Waals surface area contributed by atoms with Crippen molar-refractivity contribution in [3.05, 3.63) is 35.2 Å². The second-order valence-corrected chi connectivity index (χ2v) is 17.1. The molecule has 0 aliphatic carbocycles. The predicted molar refractivity (Wildman–Crippen MR) is 174 cm³/mol. The lowest BCUT2D eigenvalue weighted by Gasteiger charge is -2.35. The van der Waals surface area contributed by atoms with Crippen LogP contribution in [0.1, 0.15) is 85.1 Å². The maximum Gasteiger partial charge on any atom is 0.534 e. The van der Waals surface area contributed by atoms with Crippen LogP contribution >= 0.6 is 11.3 Å². The number of halogens is 3. The van der Waals surface area contributed by atoms with Crippen LogP contribution in [0.5, 0.6) is 0 Å².